The van der Waals surface area contributed by atoms with Crippen molar-refractivity contribution in [1.82, 2.24) is 9.78 Å². The van der Waals surface area contributed by atoms with E-state index in [4.69, 9.17) is 0 Å². The van der Waals surface area contributed by atoms with E-state index in [9.17, 15) is 4.79 Å². The summed E-state index contributed by atoms with van der Waals surface area (Å²) >= 11 is 3.59. The van der Waals surface area contributed by atoms with Crippen molar-refractivity contribution >= 4 is 21.7 Å². The van der Waals surface area contributed by atoms with Crippen molar-refractivity contribution < 1.29 is 4.79 Å². The Bertz CT molecular complexity index is 425. The number of Topliss-reactive ketones (excluding diaryl/α,β-unsaturated/α-hetero) is 1. The topological polar surface area (TPSA) is 34.9 Å². The summed E-state index contributed by atoms with van der Waals surface area (Å²) < 4.78 is 3.10. The van der Waals surface area contributed by atoms with Crippen molar-refractivity contribution in [3.05, 3.63) is 15.9 Å². The van der Waals surface area contributed by atoms with Gasteiger partial charge in [-0.2, -0.15) is 5.10 Å². The quantitative estimate of drug-likeness (QED) is 0.858. The van der Waals surface area contributed by atoms with Gasteiger partial charge < -0.3 is 0 Å². The number of halogens is 1. The van der Waals surface area contributed by atoms with E-state index in [2.05, 4.69) is 28.0 Å². The Kier molecular flexibility index (Phi) is 4.02. The lowest BCUT2D eigenvalue weighted by atomic mass is 9.85. The van der Waals surface area contributed by atoms with Gasteiger partial charge in [-0.15, -0.1) is 0 Å². The zero-order valence-electron chi connectivity index (χ0n) is 10.5. The number of ketones is 1. The Balaban J connectivity index is 2.19. The molecule has 94 valence electrons. The van der Waals surface area contributed by atoms with Gasteiger partial charge in [0.1, 0.15) is 5.78 Å². The standard InChI is InChI=1S/C13H19BrN2O/c1-3-16-11(13(14)9(2)15-16)8-10-6-4-5-7-12(10)17/h10H,3-8H2,1-2H3. The summed E-state index contributed by atoms with van der Waals surface area (Å²) in [7, 11) is 0. The second-order valence-corrected chi connectivity index (χ2v) is 5.57. The molecule has 1 atom stereocenters. The number of nitrogens with zero attached hydrogens (tertiary/aromatic N) is 2. The van der Waals surface area contributed by atoms with Gasteiger partial charge in [0, 0.05) is 25.3 Å². The van der Waals surface area contributed by atoms with Crippen LogP contribution in [-0.2, 0) is 17.8 Å². The van der Waals surface area contributed by atoms with Crippen LogP contribution in [0.1, 0.15) is 44.0 Å². The molecule has 0 N–H and O–H groups in total. The molecule has 1 saturated carbocycles. The number of carbonyl (C=O) groups is 1. The number of rotatable bonds is 3. The number of aryl methyl sites for hydroxylation is 2. The Morgan fingerprint density at radius 2 is 2.24 bits per heavy atom. The predicted molar refractivity (Wildman–Crippen MR) is 71.0 cm³/mol. The third-order valence-electron chi connectivity index (χ3n) is 3.57. The van der Waals surface area contributed by atoms with Gasteiger partial charge in [-0.05, 0) is 42.6 Å². The smallest absolute Gasteiger partial charge is 0.136 e. The van der Waals surface area contributed by atoms with E-state index >= 15 is 0 Å². The first-order valence-corrected chi connectivity index (χ1v) is 7.17. The maximum absolute atomic E-state index is 11.9. The van der Waals surface area contributed by atoms with Gasteiger partial charge >= 0.3 is 0 Å². The van der Waals surface area contributed by atoms with Gasteiger partial charge in [-0.3, -0.25) is 9.48 Å². The second kappa shape index (κ2) is 5.34. The average molecular weight is 299 g/mol. The van der Waals surface area contributed by atoms with E-state index in [1.165, 1.54) is 12.1 Å². The van der Waals surface area contributed by atoms with E-state index in [1.807, 2.05) is 11.6 Å². The van der Waals surface area contributed by atoms with Crippen molar-refractivity contribution in [3.63, 3.8) is 0 Å². The summed E-state index contributed by atoms with van der Waals surface area (Å²) in [6.07, 6.45) is 4.91. The van der Waals surface area contributed by atoms with E-state index in [0.717, 1.165) is 42.4 Å². The Labute approximate surface area is 111 Å². The van der Waals surface area contributed by atoms with Crippen LogP contribution in [0.5, 0.6) is 0 Å². The molecule has 4 heteroatoms. The second-order valence-electron chi connectivity index (χ2n) is 4.77. The van der Waals surface area contributed by atoms with Crippen molar-refractivity contribution in [2.24, 2.45) is 5.92 Å². The highest BCUT2D eigenvalue weighted by molar-refractivity contribution is 9.10. The van der Waals surface area contributed by atoms with Crippen LogP contribution in [0.2, 0.25) is 0 Å². The van der Waals surface area contributed by atoms with Crippen molar-refractivity contribution in [1.29, 1.82) is 0 Å². The van der Waals surface area contributed by atoms with Crippen molar-refractivity contribution in [2.45, 2.75) is 52.5 Å². The molecule has 1 aromatic rings. The Morgan fingerprint density at radius 1 is 1.47 bits per heavy atom. The fourth-order valence-electron chi connectivity index (χ4n) is 2.57. The predicted octanol–water partition coefficient (Wildman–Crippen LogP) is 3.28. The van der Waals surface area contributed by atoms with Crippen LogP contribution >= 0.6 is 15.9 Å². The Hall–Kier alpha value is -0.640. The van der Waals surface area contributed by atoms with Crippen LogP contribution in [0.15, 0.2) is 4.47 Å². The molecular formula is C13H19BrN2O. The monoisotopic (exact) mass is 298 g/mol. The summed E-state index contributed by atoms with van der Waals surface area (Å²) in [6.45, 7) is 4.95. The molecule has 0 aliphatic heterocycles. The summed E-state index contributed by atoms with van der Waals surface area (Å²) in [4.78, 5) is 11.9. The zero-order chi connectivity index (χ0) is 12.4. The van der Waals surface area contributed by atoms with Crippen LogP contribution in [0.4, 0.5) is 0 Å². The Morgan fingerprint density at radius 3 is 2.88 bits per heavy atom. The first-order chi connectivity index (χ1) is 8.13. The molecule has 1 aromatic heterocycles. The summed E-state index contributed by atoms with van der Waals surface area (Å²) in [5.74, 6) is 0.645. The summed E-state index contributed by atoms with van der Waals surface area (Å²) in [6, 6.07) is 0. The van der Waals surface area contributed by atoms with Crippen LogP contribution in [0.25, 0.3) is 0 Å². The van der Waals surface area contributed by atoms with Gasteiger partial charge in [-0.1, -0.05) is 6.42 Å². The molecule has 0 radical (unpaired) electrons. The average Bonchev–Trinajstić information content (AvgIpc) is 2.59. The first kappa shape index (κ1) is 12.8. The summed E-state index contributed by atoms with van der Waals surface area (Å²) in [5.41, 5.74) is 2.20. The van der Waals surface area contributed by atoms with Crippen molar-refractivity contribution in [3.8, 4) is 0 Å². The molecule has 1 heterocycles. The minimum atomic E-state index is 0.210. The normalized spacial score (nSPS) is 20.9. The zero-order valence-corrected chi connectivity index (χ0v) is 12.1. The molecule has 0 spiro atoms. The van der Waals surface area contributed by atoms with Gasteiger partial charge in [0.2, 0.25) is 0 Å². The van der Waals surface area contributed by atoms with Crippen LogP contribution in [0, 0.1) is 12.8 Å². The molecule has 17 heavy (non-hydrogen) atoms. The van der Waals surface area contributed by atoms with Gasteiger partial charge in [0.05, 0.1) is 15.9 Å². The fourth-order valence-corrected chi connectivity index (χ4v) is 3.01. The van der Waals surface area contributed by atoms with Crippen molar-refractivity contribution in [2.75, 3.05) is 0 Å². The minimum absolute atomic E-state index is 0.210. The molecule has 1 aliphatic rings. The molecule has 1 fully saturated rings. The number of hydrogen-bond acceptors (Lipinski definition) is 2. The number of hydrogen-bond donors (Lipinski definition) is 0. The highest BCUT2D eigenvalue weighted by Crippen LogP contribution is 2.28. The first-order valence-electron chi connectivity index (χ1n) is 6.38. The number of carbonyl (C=O) groups excluding carboxylic acids is 1. The highest BCUT2D eigenvalue weighted by atomic mass is 79.9. The lowest BCUT2D eigenvalue weighted by molar-refractivity contribution is -0.124. The van der Waals surface area contributed by atoms with Gasteiger partial charge in [-0.25, -0.2) is 0 Å². The molecule has 3 nitrogen and oxygen atoms in total. The maximum Gasteiger partial charge on any atom is 0.136 e. The highest BCUT2D eigenvalue weighted by Gasteiger charge is 2.25. The molecule has 2 rings (SSSR count). The molecule has 1 aliphatic carbocycles. The molecule has 0 bridgehead atoms. The third kappa shape index (κ3) is 2.62. The van der Waals surface area contributed by atoms with E-state index < -0.39 is 0 Å². The van der Waals surface area contributed by atoms with Crippen LogP contribution in [0.3, 0.4) is 0 Å². The van der Waals surface area contributed by atoms with Gasteiger partial charge in [0.15, 0.2) is 0 Å². The van der Waals surface area contributed by atoms with Gasteiger partial charge in [0.25, 0.3) is 0 Å². The summed E-state index contributed by atoms with van der Waals surface area (Å²) in [5, 5.41) is 4.48. The number of aromatic nitrogens is 2. The van der Waals surface area contributed by atoms with Crippen LogP contribution < -0.4 is 0 Å². The lowest BCUT2D eigenvalue weighted by Crippen LogP contribution is -2.22. The fraction of sp³-hybridized carbons (Fsp3) is 0.692. The maximum atomic E-state index is 11.9. The lowest BCUT2D eigenvalue weighted by Gasteiger charge is -2.20. The minimum Gasteiger partial charge on any atom is -0.299 e. The molecule has 0 aromatic carbocycles. The van der Waals surface area contributed by atoms with Crippen LogP contribution in [-0.4, -0.2) is 15.6 Å². The third-order valence-corrected chi connectivity index (χ3v) is 4.61. The molecule has 0 saturated heterocycles. The van der Waals surface area contributed by atoms with E-state index in [-0.39, 0.29) is 5.92 Å². The largest absolute Gasteiger partial charge is 0.299 e. The molecular weight excluding hydrogens is 280 g/mol. The molecule has 1 unspecified atom stereocenters. The molecule has 0 amide bonds. The van der Waals surface area contributed by atoms with E-state index in [0.29, 0.717) is 5.78 Å². The SMILES string of the molecule is CCn1nc(C)c(Br)c1CC1CCCCC1=O. The van der Waals surface area contributed by atoms with E-state index in [1.54, 1.807) is 0 Å².